The van der Waals surface area contributed by atoms with Crippen LogP contribution in [0.2, 0.25) is 0 Å². The molecular formula is C17H29NO2. The van der Waals surface area contributed by atoms with E-state index in [1.165, 1.54) is 0 Å². The number of methoxy groups -OCH3 is 1. The van der Waals surface area contributed by atoms with E-state index in [9.17, 15) is 0 Å². The molecule has 20 heavy (non-hydrogen) atoms. The third kappa shape index (κ3) is 5.41. The number of benzene rings is 1. The van der Waals surface area contributed by atoms with Gasteiger partial charge in [0, 0.05) is 6.04 Å². The first kappa shape index (κ1) is 16.8. The van der Waals surface area contributed by atoms with Gasteiger partial charge in [-0.3, -0.25) is 0 Å². The summed E-state index contributed by atoms with van der Waals surface area (Å²) in [5.41, 5.74) is 0. The first-order valence-electron chi connectivity index (χ1n) is 7.58. The maximum atomic E-state index is 5.83. The van der Waals surface area contributed by atoms with Gasteiger partial charge in [0.25, 0.3) is 0 Å². The maximum absolute atomic E-state index is 5.83. The lowest BCUT2D eigenvalue weighted by atomic mass is 9.86. The molecule has 0 aliphatic carbocycles. The molecule has 0 aromatic heterocycles. The summed E-state index contributed by atoms with van der Waals surface area (Å²) in [6, 6.07) is 8.29. The largest absolute Gasteiger partial charge is 0.497 e. The fourth-order valence-corrected chi connectivity index (χ4v) is 2.62. The van der Waals surface area contributed by atoms with Crippen LogP contribution >= 0.6 is 0 Å². The van der Waals surface area contributed by atoms with Gasteiger partial charge in [-0.05, 0) is 56.0 Å². The van der Waals surface area contributed by atoms with Crippen LogP contribution in [0.1, 0.15) is 34.1 Å². The van der Waals surface area contributed by atoms with Crippen molar-refractivity contribution in [3.05, 3.63) is 24.3 Å². The van der Waals surface area contributed by atoms with Gasteiger partial charge in [-0.15, -0.1) is 0 Å². The molecule has 3 heteroatoms. The quantitative estimate of drug-likeness (QED) is 0.747. The second-order valence-corrected chi connectivity index (χ2v) is 5.57. The molecule has 2 unspecified atom stereocenters. The average Bonchev–Trinajstić information content (AvgIpc) is 2.44. The highest BCUT2D eigenvalue weighted by atomic mass is 16.5. The Morgan fingerprint density at radius 2 is 1.65 bits per heavy atom. The van der Waals surface area contributed by atoms with Gasteiger partial charge in [0.1, 0.15) is 11.5 Å². The zero-order valence-electron chi connectivity index (χ0n) is 13.5. The summed E-state index contributed by atoms with van der Waals surface area (Å²) in [5, 5.41) is 3.52. The van der Waals surface area contributed by atoms with Crippen molar-refractivity contribution in [2.75, 3.05) is 20.3 Å². The minimum atomic E-state index is 0.527. The molecule has 1 aromatic carbocycles. The van der Waals surface area contributed by atoms with Crippen molar-refractivity contribution in [2.45, 2.75) is 40.2 Å². The molecule has 3 nitrogen and oxygen atoms in total. The molecule has 0 aliphatic rings. The second kappa shape index (κ2) is 8.85. The molecule has 1 N–H and O–H groups in total. The fourth-order valence-electron chi connectivity index (χ4n) is 2.62. The Hall–Kier alpha value is -1.22. The molecule has 0 amide bonds. The zero-order valence-corrected chi connectivity index (χ0v) is 13.5. The van der Waals surface area contributed by atoms with Crippen molar-refractivity contribution in [1.82, 2.24) is 5.32 Å². The van der Waals surface area contributed by atoms with Crippen LogP contribution in [-0.2, 0) is 0 Å². The number of rotatable bonds is 9. The summed E-state index contributed by atoms with van der Waals surface area (Å²) in [5.74, 6) is 3.05. The number of hydrogen-bond acceptors (Lipinski definition) is 3. The fraction of sp³-hybridized carbons (Fsp3) is 0.647. The van der Waals surface area contributed by atoms with Gasteiger partial charge < -0.3 is 14.8 Å². The van der Waals surface area contributed by atoms with Crippen molar-refractivity contribution in [1.29, 1.82) is 0 Å². The van der Waals surface area contributed by atoms with E-state index < -0.39 is 0 Å². The normalized spacial score (nSPS) is 14.1. The van der Waals surface area contributed by atoms with E-state index in [0.717, 1.165) is 31.1 Å². The van der Waals surface area contributed by atoms with Crippen LogP contribution in [0.3, 0.4) is 0 Å². The summed E-state index contributed by atoms with van der Waals surface area (Å²) in [6.45, 7) is 10.8. The van der Waals surface area contributed by atoms with E-state index in [1.54, 1.807) is 7.11 Å². The predicted octanol–water partition coefficient (Wildman–Crippen LogP) is 3.73. The number of ether oxygens (including phenoxy) is 2. The van der Waals surface area contributed by atoms with Gasteiger partial charge in [0.15, 0.2) is 0 Å². The summed E-state index contributed by atoms with van der Waals surface area (Å²) < 4.78 is 11.0. The molecule has 0 fully saturated rings. The predicted molar refractivity (Wildman–Crippen MR) is 84.6 cm³/mol. The van der Waals surface area contributed by atoms with Crippen LogP contribution in [0.25, 0.3) is 0 Å². The average molecular weight is 279 g/mol. The van der Waals surface area contributed by atoms with E-state index in [-0.39, 0.29) is 0 Å². The molecular weight excluding hydrogens is 250 g/mol. The van der Waals surface area contributed by atoms with Crippen molar-refractivity contribution in [3.8, 4) is 11.5 Å². The van der Waals surface area contributed by atoms with Crippen LogP contribution in [0.4, 0.5) is 0 Å². The smallest absolute Gasteiger partial charge is 0.119 e. The Morgan fingerprint density at radius 1 is 1.05 bits per heavy atom. The summed E-state index contributed by atoms with van der Waals surface area (Å²) in [4.78, 5) is 0. The van der Waals surface area contributed by atoms with Crippen LogP contribution < -0.4 is 14.8 Å². The lowest BCUT2D eigenvalue weighted by molar-refractivity contribution is 0.214. The Balaban J connectivity index is 2.43. The highest BCUT2D eigenvalue weighted by Crippen LogP contribution is 2.21. The third-order valence-electron chi connectivity index (χ3n) is 3.80. The van der Waals surface area contributed by atoms with Crippen LogP contribution in [-0.4, -0.2) is 26.3 Å². The van der Waals surface area contributed by atoms with E-state index in [2.05, 4.69) is 33.0 Å². The third-order valence-corrected chi connectivity index (χ3v) is 3.80. The van der Waals surface area contributed by atoms with E-state index >= 15 is 0 Å². The van der Waals surface area contributed by atoms with Gasteiger partial charge in [0.05, 0.1) is 13.7 Å². The lowest BCUT2D eigenvalue weighted by Gasteiger charge is -2.28. The van der Waals surface area contributed by atoms with Crippen molar-refractivity contribution in [2.24, 2.45) is 11.8 Å². The SMILES string of the molecule is CCNC(C)C(CCOc1ccc(OC)cc1)C(C)C. The summed E-state index contributed by atoms with van der Waals surface area (Å²) >= 11 is 0. The van der Waals surface area contributed by atoms with E-state index in [1.807, 2.05) is 24.3 Å². The molecule has 0 radical (unpaired) electrons. The highest BCUT2D eigenvalue weighted by molar-refractivity contribution is 5.31. The Morgan fingerprint density at radius 3 is 2.15 bits per heavy atom. The van der Waals surface area contributed by atoms with E-state index in [4.69, 9.17) is 9.47 Å². The van der Waals surface area contributed by atoms with Gasteiger partial charge in [-0.25, -0.2) is 0 Å². The Bertz CT molecular complexity index is 362. The van der Waals surface area contributed by atoms with Crippen molar-refractivity contribution >= 4 is 0 Å². The van der Waals surface area contributed by atoms with Gasteiger partial charge in [-0.1, -0.05) is 20.8 Å². The molecule has 0 saturated carbocycles. The molecule has 0 heterocycles. The molecule has 0 bridgehead atoms. The Kier molecular flexibility index (Phi) is 7.45. The van der Waals surface area contributed by atoms with E-state index in [0.29, 0.717) is 17.9 Å². The molecule has 2 atom stereocenters. The van der Waals surface area contributed by atoms with Crippen molar-refractivity contribution < 1.29 is 9.47 Å². The molecule has 0 saturated heterocycles. The van der Waals surface area contributed by atoms with Gasteiger partial charge in [-0.2, -0.15) is 0 Å². The highest BCUT2D eigenvalue weighted by Gasteiger charge is 2.19. The lowest BCUT2D eigenvalue weighted by Crippen LogP contribution is -2.36. The number of nitrogens with one attached hydrogen (secondary N) is 1. The first-order chi connectivity index (χ1) is 9.58. The Labute approximate surface area is 123 Å². The molecule has 1 aromatic rings. The minimum Gasteiger partial charge on any atom is -0.497 e. The molecule has 1 rings (SSSR count). The van der Waals surface area contributed by atoms with Crippen LogP contribution in [0, 0.1) is 11.8 Å². The topological polar surface area (TPSA) is 30.5 Å². The zero-order chi connectivity index (χ0) is 15.0. The van der Waals surface area contributed by atoms with Crippen LogP contribution in [0.5, 0.6) is 11.5 Å². The number of hydrogen-bond donors (Lipinski definition) is 1. The standard InChI is InChI=1S/C17H29NO2/c1-6-18-14(4)17(13(2)3)11-12-20-16-9-7-15(19-5)8-10-16/h7-10,13-14,17-18H,6,11-12H2,1-5H3. The maximum Gasteiger partial charge on any atom is 0.119 e. The molecule has 114 valence electrons. The van der Waals surface area contributed by atoms with Crippen LogP contribution in [0.15, 0.2) is 24.3 Å². The molecule has 0 aliphatic heterocycles. The van der Waals surface area contributed by atoms with Crippen molar-refractivity contribution in [3.63, 3.8) is 0 Å². The monoisotopic (exact) mass is 279 g/mol. The minimum absolute atomic E-state index is 0.527. The van der Waals surface area contributed by atoms with Gasteiger partial charge in [0.2, 0.25) is 0 Å². The second-order valence-electron chi connectivity index (χ2n) is 5.57. The first-order valence-corrected chi connectivity index (χ1v) is 7.58. The summed E-state index contributed by atoms with van der Waals surface area (Å²) in [6.07, 6.45) is 1.07. The summed E-state index contributed by atoms with van der Waals surface area (Å²) in [7, 11) is 1.67. The van der Waals surface area contributed by atoms with Gasteiger partial charge >= 0.3 is 0 Å². The molecule has 0 spiro atoms.